The molecule has 0 aromatic heterocycles. The van der Waals surface area contributed by atoms with Gasteiger partial charge in [0.15, 0.2) is 11.6 Å². The molecule has 1 amide bonds. The summed E-state index contributed by atoms with van der Waals surface area (Å²) in [6.07, 6.45) is 0.758. The Morgan fingerprint density at radius 3 is 2.48 bits per heavy atom. The summed E-state index contributed by atoms with van der Waals surface area (Å²) in [4.78, 5) is 27.3. The van der Waals surface area contributed by atoms with E-state index in [1.807, 2.05) is 6.92 Å². The number of benzene rings is 1. The van der Waals surface area contributed by atoms with Crippen LogP contribution < -0.4 is 0 Å². The Morgan fingerprint density at radius 2 is 1.88 bits per heavy atom. The average molecular weight is 352 g/mol. The largest absolute Gasteiger partial charge is 0.481 e. The Bertz CT molecular complexity index is 674. The van der Waals surface area contributed by atoms with Crippen LogP contribution in [0.1, 0.15) is 31.2 Å². The second-order valence-electron chi connectivity index (χ2n) is 6.93. The zero-order valence-corrected chi connectivity index (χ0v) is 14.1. The lowest BCUT2D eigenvalue weighted by atomic mass is 10.1. The minimum atomic E-state index is -0.878. The van der Waals surface area contributed by atoms with Crippen molar-refractivity contribution < 1.29 is 23.5 Å². The standard InChI is InChI=1S/C18H22F2N2O3/c1-11(8-17(23)24)21-4-6-22(7-5-21)18(25)14-10-13(14)12-2-3-15(19)16(20)9-12/h2-3,9,11,13-14H,4-8,10H2,1H3,(H,23,24). The van der Waals surface area contributed by atoms with Gasteiger partial charge in [0, 0.05) is 38.1 Å². The fraction of sp³-hybridized carbons (Fsp3) is 0.556. The number of nitrogens with zero attached hydrogens (tertiary/aromatic N) is 2. The van der Waals surface area contributed by atoms with Crippen LogP contribution in [0.15, 0.2) is 18.2 Å². The summed E-state index contributed by atoms with van der Waals surface area (Å²) < 4.78 is 26.4. The van der Waals surface area contributed by atoms with Gasteiger partial charge in [-0.1, -0.05) is 6.07 Å². The van der Waals surface area contributed by atoms with Gasteiger partial charge in [0.05, 0.1) is 6.42 Å². The van der Waals surface area contributed by atoms with E-state index >= 15 is 0 Å². The fourth-order valence-electron chi connectivity index (χ4n) is 3.58. The Morgan fingerprint density at radius 1 is 1.20 bits per heavy atom. The fourth-order valence-corrected chi connectivity index (χ4v) is 3.58. The SMILES string of the molecule is CC(CC(=O)O)N1CCN(C(=O)C2CC2c2ccc(F)c(F)c2)CC1. The van der Waals surface area contributed by atoms with Gasteiger partial charge in [0.1, 0.15) is 0 Å². The molecule has 25 heavy (non-hydrogen) atoms. The third kappa shape index (κ3) is 3.98. The van der Waals surface area contributed by atoms with Gasteiger partial charge in [0.25, 0.3) is 0 Å². The Labute approximate surface area is 145 Å². The highest BCUT2D eigenvalue weighted by atomic mass is 19.2. The smallest absolute Gasteiger partial charge is 0.304 e. The second kappa shape index (κ2) is 7.07. The van der Waals surface area contributed by atoms with E-state index in [0.717, 1.165) is 6.07 Å². The molecule has 2 aliphatic rings. The van der Waals surface area contributed by atoms with Crippen LogP contribution in [-0.2, 0) is 9.59 Å². The maximum Gasteiger partial charge on any atom is 0.304 e. The highest BCUT2D eigenvalue weighted by Crippen LogP contribution is 2.48. The molecule has 1 saturated carbocycles. The van der Waals surface area contributed by atoms with E-state index in [2.05, 4.69) is 4.90 Å². The van der Waals surface area contributed by atoms with Crippen LogP contribution >= 0.6 is 0 Å². The molecule has 1 N–H and O–H groups in total. The first-order valence-corrected chi connectivity index (χ1v) is 8.56. The van der Waals surface area contributed by atoms with Gasteiger partial charge in [-0.25, -0.2) is 8.78 Å². The van der Waals surface area contributed by atoms with Crippen molar-refractivity contribution in [3.05, 3.63) is 35.4 Å². The summed E-state index contributed by atoms with van der Waals surface area (Å²) in [7, 11) is 0. The molecule has 0 spiro atoms. The van der Waals surface area contributed by atoms with Crippen molar-refractivity contribution in [2.75, 3.05) is 26.2 Å². The number of carboxylic acid groups (broad SMARTS) is 1. The molecule has 3 unspecified atom stereocenters. The monoisotopic (exact) mass is 352 g/mol. The Hall–Kier alpha value is -2.02. The van der Waals surface area contributed by atoms with Gasteiger partial charge in [-0.2, -0.15) is 0 Å². The van der Waals surface area contributed by atoms with Crippen LogP contribution in [0.5, 0.6) is 0 Å². The van der Waals surface area contributed by atoms with Crippen molar-refractivity contribution in [3.63, 3.8) is 0 Å². The highest BCUT2D eigenvalue weighted by Gasteiger charge is 2.46. The summed E-state index contributed by atoms with van der Waals surface area (Å²) in [6.45, 7) is 4.34. The predicted molar refractivity (Wildman–Crippen MR) is 87.1 cm³/mol. The highest BCUT2D eigenvalue weighted by molar-refractivity contribution is 5.83. The molecule has 5 nitrogen and oxygen atoms in total. The number of hydrogen-bond donors (Lipinski definition) is 1. The summed E-state index contributed by atoms with van der Waals surface area (Å²) in [5.41, 5.74) is 0.672. The lowest BCUT2D eigenvalue weighted by molar-refractivity contribution is -0.140. The first-order valence-electron chi connectivity index (χ1n) is 8.56. The molecule has 2 fully saturated rings. The molecule has 0 bridgehead atoms. The van der Waals surface area contributed by atoms with Crippen molar-refractivity contribution in [1.29, 1.82) is 0 Å². The summed E-state index contributed by atoms with van der Waals surface area (Å²) in [5.74, 6) is -2.71. The number of aliphatic carboxylic acids is 1. The van der Waals surface area contributed by atoms with E-state index in [1.165, 1.54) is 6.07 Å². The molecule has 1 heterocycles. The molecule has 1 saturated heterocycles. The van der Waals surface area contributed by atoms with E-state index in [9.17, 15) is 18.4 Å². The maximum atomic E-state index is 13.3. The molecule has 136 valence electrons. The van der Waals surface area contributed by atoms with Crippen molar-refractivity contribution in [1.82, 2.24) is 9.80 Å². The number of piperazine rings is 1. The third-order valence-electron chi connectivity index (χ3n) is 5.20. The van der Waals surface area contributed by atoms with Crippen LogP contribution in [-0.4, -0.2) is 59.0 Å². The van der Waals surface area contributed by atoms with Crippen LogP contribution in [0.2, 0.25) is 0 Å². The number of hydrogen-bond acceptors (Lipinski definition) is 3. The first kappa shape index (κ1) is 17.8. The minimum absolute atomic E-state index is 0.0356. The van der Waals surface area contributed by atoms with Crippen molar-refractivity contribution in [3.8, 4) is 0 Å². The van der Waals surface area contributed by atoms with Crippen LogP contribution in [0.4, 0.5) is 8.78 Å². The molecule has 3 rings (SSSR count). The van der Waals surface area contributed by atoms with Gasteiger partial charge < -0.3 is 10.0 Å². The van der Waals surface area contributed by atoms with Crippen molar-refractivity contribution >= 4 is 11.9 Å². The number of carboxylic acids is 1. The topological polar surface area (TPSA) is 60.9 Å². The minimum Gasteiger partial charge on any atom is -0.481 e. The molecule has 1 aliphatic carbocycles. The van der Waals surface area contributed by atoms with E-state index in [4.69, 9.17) is 5.11 Å². The summed E-state index contributed by atoms with van der Waals surface area (Å²) in [5, 5.41) is 8.87. The van der Waals surface area contributed by atoms with E-state index in [0.29, 0.717) is 38.2 Å². The van der Waals surface area contributed by atoms with Gasteiger partial charge in [-0.05, 0) is 37.0 Å². The maximum absolute atomic E-state index is 13.3. The average Bonchev–Trinajstić information content (AvgIpc) is 3.37. The zero-order valence-electron chi connectivity index (χ0n) is 14.1. The number of carbonyl (C=O) groups excluding carboxylic acids is 1. The Kier molecular flexibility index (Phi) is 5.03. The van der Waals surface area contributed by atoms with Crippen molar-refractivity contribution in [2.24, 2.45) is 5.92 Å². The molecule has 1 aromatic carbocycles. The van der Waals surface area contributed by atoms with E-state index in [-0.39, 0.29) is 30.2 Å². The molecule has 1 aliphatic heterocycles. The van der Waals surface area contributed by atoms with Gasteiger partial charge in [-0.15, -0.1) is 0 Å². The molecular formula is C18H22F2N2O3. The first-order chi connectivity index (χ1) is 11.9. The summed E-state index contributed by atoms with van der Waals surface area (Å²) >= 11 is 0. The van der Waals surface area contributed by atoms with E-state index in [1.54, 1.807) is 11.0 Å². The van der Waals surface area contributed by atoms with Crippen molar-refractivity contribution in [2.45, 2.75) is 31.7 Å². The lowest BCUT2D eigenvalue weighted by Gasteiger charge is -2.37. The molecule has 0 radical (unpaired) electrons. The number of amides is 1. The normalized spacial score (nSPS) is 24.8. The quantitative estimate of drug-likeness (QED) is 0.881. The summed E-state index contributed by atoms with van der Waals surface area (Å²) in [6, 6.07) is 3.78. The van der Waals surface area contributed by atoms with Gasteiger partial charge >= 0.3 is 5.97 Å². The molecular weight excluding hydrogens is 330 g/mol. The lowest BCUT2D eigenvalue weighted by Crippen LogP contribution is -2.52. The third-order valence-corrected chi connectivity index (χ3v) is 5.20. The van der Waals surface area contributed by atoms with Crippen LogP contribution in [0.25, 0.3) is 0 Å². The number of halogens is 2. The molecule has 7 heteroatoms. The zero-order chi connectivity index (χ0) is 18.1. The van der Waals surface area contributed by atoms with Gasteiger partial charge in [0.2, 0.25) is 5.91 Å². The predicted octanol–water partition coefficient (Wildman–Crippen LogP) is 2.08. The molecule has 1 aromatic rings. The van der Waals surface area contributed by atoms with Crippen LogP contribution in [0, 0.1) is 17.6 Å². The Balaban J connectivity index is 1.52. The molecule has 3 atom stereocenters. The second-order valence-corrected chi connectivity index (χ2v) is 6.93. The van der Waals surface area contributed by atoms with Gasteiger partial charge in [-0.3, -0.25) is 14.5 Å². The van der Waals surface area contributed by atoms with Crippen LogP contribution in [0.3, 0.4) is 0 Å². The number of rotatable bonds is 5. The van der Waals surface area contributed by atoms with E-state index < -0.39 is 17.6 Å². The number of carbonyl (C=O) groups is 2.